The maximum Gasteiger partial charge on any atom is 0.255 e. The van der Waals surface area contributed by atoms with Crippen molar-refractivity contribution in [3.8, 4) is 11.3 Å². The van der Waals surface area contributed by atoms with E-state index >= 15 is 0 Å². The van der Waals surface area contributed by atoms with E-state index in [9.17, 15) is 9.59 Å². The lowest BCUT2D eigenvalue weighted by molar-refractivity contribution is -0.131. The smallest absolute Gasteiger partial charge is 0.255 e. The van der Waals surface area contributed by atoms with Crippen molar-refractivity contribution in [2.24, 2.45) is 29.1 Å². The van der Waals surface area contributed by atoms with Crippen molar-refractivity contribution in [3.05, 3.63) is 95.1 Å². The van der Waals surface area contributed by atoms with Gasteiger partial charge in [-0.15, -0.1) is 0 Å². The molecule has 4 bridgehead atoms. The van der Waals surface area contributed by atoms with Crippen LogP contribution in [0.25, 0.3) is 22.2 Å². The summed E-state index contributed by atoms with van der Waals surface area (Å²) in [6.45, 7) is 8.68. The Morgan fingerprint density at radius 3 is 2.20 bits per heavy atom. The molecule has 0 saturated heterocycles. The highest BCUT2D eigenvalue weighted by Crippen LogP contribution is 2.61. The average Bonchev–Trinajstić information content (AvgIpc) is 3.54. The third-order valence-electron chi connectivity index (χ3n) is 12.1. The van der Waals surface area contributed by atoms with Gasteiger partial charge in [0.25, 0.3) is 5.91 Å². The van der Waals surface area contributed by atoms with Gasteiger partial charge in [0.05, 0.1) is 11.7 Å². The maximum absolute atomic E-state index is 14.7. The molecule has 2 N–H and O–H groups in total. The van der Waals surface area contributed by atoms with Gasteiger partial charge >= 0.3 is 0 Å². The molecule has 5 heteroatoms. The van der Waals surface area contributed by atoms with Gasteiger partial charge in [-0.3, -0.25) is 9.59 Å². The second kappa shape index (κ2) is 11.1. The Labute approximate surface area is 273 Å². The van der Waals surface area contributed by atoms with Crippen LogP contribution in [0.5, 0.6) is 0 Å². The highest BCUT2D eigenvalue weighted by molar-refractivity contribution is 6.04. The van der Waals surface area contributed by atoms with Gasteiger partial charge in [0.15, 0.2) is 0 Å². The zero-order valence-corrected chi connectivity index (χ0v) is 27.7. The minimum Gasteiger partial charge on any atom is -0.354 e. The fourth-order valence-corrected chi connectivity index (χ4v) is 10.3. The van der Waals surface area contributed by atoms with E-state index < -0.39 is 6.04 Å². The predicted molar refractivity (Wildman–Crippen MR) is 184 cm³/mol. The van der Waals surface area contributed by atoms with Crippen LogP contribution >= 0.6 is 0 Å². The first-order valence-electron chi connectivity index (χ1n) is 17.6. The van der Waals surface area contributed by atoms with E-state index in [4.69, 9.17) is 0 Å². The number of benzene rings is 3. The standard InChI is InChI=1S/C41H47N3O2/c1-24(2)17-35(39(45)42-26(4)41-21-27-18-28(22-41)20-29(19-27)23-41)44-38(31-9-5-6-10-32(31)40(44)46)36-33-11-7-8-12-34(33)43-37(36)30-15-13-25(3)14-16-30/h5-16,24,26-29,35,38,43H,17-23H2,1-4H3,(H,42,45). The zero-order chi connectivity index (χ0) is 31.7. The first kappa shape index (κ1) is 29.5. The van der Waals surface area contributed by atoms with Gasteiger partial charge in [0, 0.05) is 28.1 Å². The summed E-state index contributed by atoms with van der Waals surface area (Å²) in [5.74, 6) is 2.64. The highest BCUT2D eigenvalue weighted by Gasteiger charge is 2.54. The van der Waals surface area contributed by atoms with Gasteiger partial charge in [-0.1, -0.05) is 80.1 Å². The van der Waals surface area contributed by atoms with Crippen LogP contribution in [-0.2, 0) is 4.79 Å². The summed E-state index contributed by atoms with van der Waals surface area (Å²) < 4.78 is 0. The van der Waals surface area contributed by atoms with Crippen molar-refractivity contribution < 1.29 is 9.59 Å². The van der Waals surface area contributed by atoms with Crippen molar-refractivity contribution in [2.45, 2.75) is 90.8 Å². The molecule has 1 aromatic heterocycles. The molecule has 2 amide bonds. The van der Waals surface area contributed by atoms with E-state index in [-0.39, 0.29) is 35.2 Å². The number of nitrogens with zero attached hydrogens (tertiary/aromatic N) is 1. The van der Waals surface area contributed by atoms with Crippen LogP contribution in [0.1, 0.15) is 98.8 Å². The molecule has 1 aliphatic heterocycles. The van der Waals surface area contributed by atoms with E-state index in [0.29, 0.717) is 12.0 Å². The van der Waals surface area contributed by atoms with E-state index in [0.717, 1.165) is 51.0 Å². The van der Waals surface area contributed by atoms with Gasteiger partial charge in [-0.25, -0.2) is 0 Å². The SMILES string of the molecule is Cc1ccc(-c2[nH]c3ccccc3c2C2c3ccccc3C(=O)N2C(CC(C)C)C(=O)NC(C)C23CC4CC(CC(C4)C2)C3)cc1. The Kier molecular flexibility index (Phi) is 7.15. The quantitative estimate of drug-likeness (QED) is 0.209. The van der Waals surface area contributed by atoms with E-state index in [1.54, 1.807) is 0 Å². The Morgan fingerprint density at radius 1 is 0.891 bits per heavy atom. The second-order valence-electron chi connectivity index (χ2n) is 15.7. The number of aromatic nitrogens is 1. The summed E-state index contributed by atoms with van der Waals surface area (Å²) in [5, 5.41) is 4.67. The number of carbonyl (C=O) groups is 2. The lowest BCUT2D eigenvalue weighted by atomic mass is 9.48. The Balaban J connectivity index is 1.22. The third-order valence-corrected chi connectivity index (χ3v) is 12.1. The van der Waals surface area contributed by atoms with Crippen LogP contribution in [0, 0.1) is 36.0 Å². The van der Waals surface area contributed by atoms with Gasteiger partial charge in [-0.2, -0.15) is 0 Å². The normalized spacial score (nSPS) is 27.8. The molecule has 4 aliphatic carbocycles. The summed E-state index contributed by atoms with van der Waals surface area (Å²) in [7, 11) is 0. The van der Waals surface area contributed by atoms with Crippen LogP contribution in [0.4, 0.5) is 0 Å². The first-order valence-corrected chi connectivity index (χ1v) is 17.6. The molecule has 0 spiro atoms. The molecule has 3 unspecified atom stereocenters. The number of nitrogens with one attached hydrogen (secondary N) is 2. The first-order chi connectivity index (χ1) is 22.2. The summed E-state index contributed by atoms with van der Waals surface area (Å²) in [5.41, 5.74) is 7.24. The van der Waals surface area contributed by atoms with Crippen molar-refractivity contribution in [1.29, 1.82) is 0 Å². The Bertz CT molecular complexity index is 1760. The summed E-state index contributed by atoms with van der Waals surface area (Å²) in [6, 6.07) is 24.1. The number of rotatable bonds is 8. The summed E-state index contributed by atoms with van der Waals surface area (Å²) in [4.78, 5) is 35.0. The van der Waals surface area contributed by atoms with E-state index in [2.05, 4.69) is 86.5 Å². The number of hydrogen-bond acceptors (Lipinski definition) is 2. The molecule has 9 rings (SSSR count). The van der Waals surface area contributed by atoms with Crippen molar-refractivity contribution in [3.63, 3.8) is 0 Å². The molecule has 0 radical (unpaired) electrons. The third kappa shape index (κ3) is 4.80. The highest BCUT2D eigenvalue weighted by atomic mass is 16.2. The topological polar surface area (TPSA) is 65.2 Å². The molecule has 4 fully saturated rings. The van der Waals surface area contributed by atoms with Gasteiger partial charge in [0.2, 0.25) is 5.91 Å². The van der Waals surface area contributed by atoms with Crippen LogP contribution in [0.3, 0.4) is 0 Å². The monoisotopic (exact) mass is 613 g/mol. The second-order valence-corrected chi connectivity index (χ2v) is 15.7. The van der Waals surface area contributed by atoms with Crippen LogP contribution in [0.2, 0.25) is 0 Å². The fourth-order valence-electron chi connectivity index (χ4n) is 10.3. The van der Waals surface area contributed by atoms with Gasteiger partial charge < -0.3 is 15.2 Å². The minimum absolute atomic E-state index is 0.000159. The largest absolute Gasteiger partial charge is 0.354 e. The number of amides is 2. The molecule has 46 heavy (non-hydrogen) atoms. The van der Waals surface area contributed by atoms with Crippen LogP contribution in [0.15, 0.2) is 72.8 Å². The lowest BCUT2D eigenvalue weighted by Gasteiger charge is -2.59. The molecule has 5 aliphatic rings. The fraction of sp³-hybridized carbons (Fsp3) is 0.463. The maximum atomic E-state index is 14.7. The number of fused-ring (bicyclic) bond motifs is 2. The molecule has 3 atom stereocenters. The van der Waals surface area contributed by atoms with Crippen molar-refractivity contribution >= 4 is 22.7 Å². The summed E-state index contributed by atoms with van der Waals surface area (Å²) in [6.07, 6.45) is 8.46. The van der Waals surface area contributed by atoms with Crippen molar-refractivity contribution in [2.75, 3.05) is 0 Å². The molecular formula is C41H47N3O2. The van der Waals surface area contributed by atoms with Crippen LogP contribution < -0.4 is 5.32 Å². The Morgan fingerprint density at radius 2 is 1.52 bits per heavy atom. The molecular weight excluding hydrogens is 566 g/mol. The van der Waals surface area contributed by atoms with Gasteiger partial charge in [0.1, 0.15) is 6.04 Å². The predicted octanol–water partition coefficient (Wildman–Crippen LogP) is 8.82. The number of aromatic amines is 1. The Hall–Kier alpha value is -3.86. The van der Waals surface area contributed by atoms with Gasteiger partial charge in [-0.05, 0) is 111 Å². The lowest BCUT2D eigenvalue weighted by Crippen LogP contribution is -2.58. The zero-order valence-electron chi connectivity index (χ0n) is 27.7. The molecule has 2 heterocycles. The minimum atomic E-state index is -0.583. The molecule has 238 valence electrons. The molecule has 4 aromatic rings. The number of para-hydroxylation sites is 1. The number of hydrogen-bond donors (Lipinski definition) is 2. The number of H-pyrrole nitrogens is 1. The number of aryl methyl sites for hydroxylation is 1. The summed E-state index contributed by atoms with van der Waals surface area (Å²) >= 11 is 0. The molecule has 5 nitrogen and oxygen atoms in total. The average molecular weight is 614 g/mol. The molecule has 4 saturated carbocycles. The van der Waals surface area contributed by atoms with Crippen LogP contribution in [-0.4, -0.2) is 33.8 Å². The molecule has 3 aromatic carbocycles. The van der Waals surface area contributed by atoms with E-state index in [1.165, 1.54) is 44.1 Å². The van der Waals surface area contributed by atoms with Crippen molar-refractivity contribution in [1.82, 2.24) is 15.2 Å². The van der Waals surface area contributed by atoms with E-state index in [1.807, 2.05) is 29.2 Å². The number of carbonyl (C=O) groups excluding carboxylic acids is 2.